The second-order valence-electron chi connectivity index (χ2n) is 4.51. The van der Waals surface area contributed by atoms with Crippen molar-refractivity contribution in [2.75, 3.05) is 18.4 Å². The lowest BCUT2D eigenvalue weighted by atomic mass is 10.1. The van der Waals surface area contributed by atoms with Gasteiger partial charge < -0.3 is 10.6 Å². The van der Waals surface area contributed by atoms with Crippen molar-refractivity contribution in [2.45, 2.75) is 12.5 Å². The fraction of sp³-hybridized carbons (Fsp3) is 0.286. The average Bonchev–Trinajstić information content (AvgIpc) is 2.92. The highest BCUT2D eigenvalue weighted by Gasteiger charge is 2.15. The van der Waals surface area contributed by atoms with Gasteiger partial charge in [0.2, 0.25) is 0 Å². The molecule has 1 unspecified atom stereocenters. The maximum Gasteiger partial charge on any atom is 0.101 e. The predicted octanol–water partition coefficient (Wildman–Crippen LogP) is 1.88. The summed E-state index contributed by atoms with van der Waals surface area (Å²) in [7, 11) is 0. The Balaban J connectivity index is 2.04. The van der Waals surface area contributed by atoms with Gasteiger partial charge in [0.15, 0.2) is 0 Å². The first-order valence-corrected chi connectivity index (χ1v) is 6.13. The molecule has 1 saturated heterocycles. The van der Waals surface area contributed by atoms with Gasteiger partial charge in [0.25, 0.3) is 0 Å². The molecule has 1 aromatic carbocycles. The van der Waals surface area contributed by atoms with E-state index in [-0.39, 0.29) is 0 Å². The number of hydrogen-bond donors (Lipinski definition) is 2. The van der Waals surface area contributed by atoms with Crippen molar-refractivity contribution in [3.63, 3.8) is 0 Å². The topological polar surface area (TPSA) is 60.7 Å². The molecule has 1 aromatic heterocycles. The SMILES string of the molecule is N#Cc1ccc(NC2CCNC2)c2cccnc12. The summed E-state index contributed by atoms with van der Waals surface area (Å²) in [4.78, 5) is 4.31. The lowest BCUT2D eigenvalue weighted by Crippen LogP contribution is -2.22. The van der Waals surface area contributed by atoms with Gasteiger partial charge in [-0.1, -0.05) is 0 Å². The lowest BCUT2D eigenvalue weighted by molar-refractivity contribution is 0.794. The summed E-state index contributed by atoms with van der Waals surface area (Å²) in [6.07, 6.45) is 2.85. The fourth-order valence-corrected chi connectivity index (χ4v) is 2.39. The number of nitrogens with zero attached hydrogens (tertiary/aromatic N) is 2. The molecule has 0 spiro atoms. The van der Waals surface area contributed by atoms with E-state index in [0.29, 0.717) is 11.6 Å². The van der Waals surface area contributed by atoms with Crippen LogP contribution in [0, 0.1) is 11.3 Å². The monoisotopic (exact) mass is 238 g/mol. The molecule has 2 aromatic rings. The molecule has 90 valence electrons. The van der Waals surface area contributed by atoms with E-state index >= 15 is 0 Å². The van der Waals surface area contributed by atoms with E-state index in [4.69, 9.17) is 5.26 Å². The van der Waals surface area contributed by atoms with E-state index in [0.717, 1.165) is 36.1 Å². The van der Waals surface area contributed by atoms with Crippen LogP contribution in [0.1, 0.15) is 12.0 Å². The molecule has 1 aliphatic heterocycles. The van der Waals surface area contributed by atoms with Gasteiger partial charge in [-0.25, -0.2) is 0 Å². The molecule has 0 aliphatic carbocycles. The molecular weight excluding hydrogens is 224 g/mol. The minimum atomic E-state index is 0.460. The van der Waals surface area contributed by atoms with Crippen LogP contribution in [0.4, 0.5) is 5.69 Å². The zero-order valence-corrected chi connectivity index (χ0v) is 9.98. The van der Waals surface area contributed by atoms with E-state index in [1.165, 1.54) is 0 Å². The first kappa shape index (κ1) is 11.0. The summed E-state index contributed by atoms with van der Waals surface area (Å²) in [5.41, 5.74) is 2.46. The number of anilines is 1. The number of hydrogen-bond acceptors (Lipinski definition) is 4. The van der Waals surface area contributed by atoms with Crippen molar-refractivity contribution < 1.29 is 0 Å². The molecule has 2 heterocycles. The number of pyridine rings is 1. The van der Waals surface area contributed by atoms with Crippen LogP contribution >= 0.6 is 0 Å². The number of nitriles is 1. The second-order valence-corrected chi connectivity index (χ2v) is 4.51. The molecule has 0 radical (unpaired) electrons. The van der Waals surface area contributed by atoms with Gasteiger partial charge in [-0.3, -0.25) is 4.98 Å². The van der Waals surface area contributed by atoms with Gasteiger partial charge in [-0.05, 0) is 37.2 Å². The molecule has 4 heteroatoms. The molecule has 2 N–H and O–H groups in total. The molecule has 3 rings (SSSR count). The summed E-state index contributed by atoms with van der Waals surface area (Å²) in [5.74, 6) is 0. The summed E-state index contributed by atoms with van der Waals surface area (Å²) >= 11 is 0. The van der Waals surface area contributed by atoms with Gasteiger partial charge in [0.05, 0.1) is 11.1 Å². The van der Waals surface area contributed by atoms with E-state index in [1.807, 2.05) is 24.3 Å². The Bertz CT molecular complexity index is 609. The van der Waals surface area contributed by atoms with Crippen molar-refractivity contribution >= 4 is 16.6 Å². The Morgan fingerprint density at radius 3 is 3.11 bits per heavy atom. The van der Waals surface area contributed by atoms with Gasteiger partial charge in [0.1, 0.15) is 6.07 Å². The Kier molecular flexibility index (Phi) is 2.83. The van der Waals surface area contributed by atoms with Crippen LogP contribution in [0.15, 0.2) is 30.5 Å². The van der Waals surface area contributed by atoms with Crippen LogP contribution in [0.5, 0.6) is 0 Å². The highest BCUT2D eigenvalue weighted by molar-refractivity contribution is 5.94. The number of aromatic nitrogens is 1. The third-order valence-electron chi connectivity index (χ3n) is 3.31. The fourth-order valence-electron chi connectivity index (χ4n) is 2.39. The quantitative estimate of drug-likeness (QED) is 0.838. The molecule has 0 amide bonds. The maximum absolute atomic E-state index is 9.09. The van der Waals surface area contributed by atoms with E-state index < -0.39 is 0 Å². The minimum absolute atomic E-state index is 0.460. The van der Waals surface area contributed by atoms with E-state index in [2.05, 4.69) is 21.7 Å². The van der Waals surface area contributed by atoms with Gasteiger partial charge >= 0.3 is 0 Å². The Morgan fingerprint density at radius 1 is 1.39 bits per heavy atom. The summed E-state index contributed by atoms with van der Waals surface area (Å²) in [6, 6.07) is 10.4. The Labute approximate surface area is 106 Å². The van der Waals surface area contributed by atoms with Crippen LogP contribution in [0.2, 0.25) is 0 Å². The van der Waals surface area contributed by atoms with Crippen LogP contribution in [-0.4, -0.2) is 24.1 Å². The standard InChI is InChI=1S/C14H14N4/c15-8-10-3-4-13(18-11-5-7-16-9-11)12-2-1-6-17-14(10)12/h1-4,6,11,16,18H,5,7,9H2. The third-order valence-corrected chi connectivity index (χ3v) is 3.31. The molecule has 0 bridgehead atoms. The normalized spacial score (nSPS) is 18.7. The summed E-state index contributed by atoms with van der Waals surface area (Å²) in [6.45, 7) is 2.05. The molecule has 18 heavy (non-hydrogen) atoms. The Morgan fingerprint density at radius 2 is 2.33 bits per heavy atom. The van der Waals surface area contributed by atoms with Crippen molar-refractivity contribution in [3.8, 4) is 6.07 Å². The zero-order chi connectivity index (χ0) is 12.4. The number of benzene rings is 1. The lowest BCUT2D eigenvalue weighted by Gasteiger charge is -2.15. The largest absolute Gasteiger partial charge is 0.380 e. The molecule has 1 aliphatic rings. The number of rotatable bonds is 2. The number of fused-ring (bicyclic) bond motifs is 1. The highest BCUT2D eigenvalue weighted by Crippen LogP contribution is 2.25. The predicted molar refractivity (Wildman–Crippen MR) is 71.4 cm³/mol. The first-order valence-electron chi connectivity index (χ1n) is 6.13. The number of nitrogens with one attached hydrogen (secondary N) is 2. The van der Waals surface area contributed by atoms with E-state index in [1.54, 1.807) is 6.20 Å². The highest BCUT2D eigenvalue weighted by atomic mass is 15.0. The van der Waals surface area contributed by atoms with Crippen LogP contribution < -0.4 is 10.6 Å². The smallest absolute Gasteiger partial charge is 0.101 e. The van der Waals surface area contributed by atoms with Gasteiger partial charge in [-0.2, -0.15) is 5.26 Å². The molecule has 1 atom stereocenters. The average molecular weight is 238 g/mol. The second kappa shape index (κ2) is 4.63. The molecule has 0 saturated carbocycles. The van der Waals surface area contributed by atoms with Gasteiger partial charge in [-0.15, -0.1) is 0 Å². The van der Waals surface area contributed by atoms with Crippen LogP contribution in [0.3, 0.4) is 0 Å². The first-order chi connectivity index (χ1) is 8.88. The van der Waals surface area contributed by atoms with Crippen LogP contribution in [-0.2, 0) is 0 Å². The Hall–Kier alpha value is -2.12. The van der Waals surface area contributed by atoms with E-state index in [9.17, 15) is 0 Å². The minimum Gasteiger partial charge on any atom is -0.380 e. The molecule has 1 fully saturated rings. The van der Waals surface area contributed by atoms with Gasteiger partial charge in [0, 0.05) is 29.9 Å². The van der Waals surface area contributed by atoms with Crippen LogP contribution in [0.25, 0.3) is 10.9 Å². The molecular formula is C14H14N4. The van der Waals surface area contributed by atoms with Crippen molar-refractivity contribution in [3.05, 3.63) is 36.0 Å². The van der Waals surface area contributed by atoms with Crippen molar-refractivity contribution in [1.29, 1.82) is 5.26 Å². The van der Waals surface area contributed by atoms with Crippen molar-refractivity contribution in [2.24, 2.45) is 0 Å². The van der Waals surface area contributed by atoms with Crippen molar-refractivity contribution in [1.82, 2.24) is 10.3 Å². The summed E-state index contributed by atoms with van der Waals surface area (Å²) < 4.78 is 0. The maximum atomic E-state index is 9.09. The molecule has 4 nitrogen and oxygen atoms in total. The summed E-state index contributed by atoms with van der Waals surface area (Å²) in [5, 5.41) is 17.0. The third kappa shape index (κ3) is 1.89. The zero-order valence-electron chi connectivity index (χ0n) is 9.98.